The molecule has 0 aliphatic carbocycles. The van der Waals surface area contributed by atoms with Gasteiger partial charge in [0.1, 0.15) is 5.75 Å². The van der Waals surface area contributed by atoms with Gasteiger partial charge in [-0.2, -0.15) is 0 Å². The van der Waals surface area contributed by atoms with Crippen molar-refractivity contribution in [3.63, 3.8) is 0 Å². The van der Waals surface area contributed by atoms with Gasteiger partial charge in [0.05, 0.1) is 0 Å². The fraction of sp³-hybridized carbons (Fsp3) is 0.300. The van der Waals surface area contributed by atoms with E-state index in [0.717, 1.165) is 11.1 Å². The largest absolute Gasteiger partial charge is 0.484 e. The van der Waals surface area contributed by atoms with Crippen LogP contribution in [0.25, 0.3) is 0 Å². The standard InChI is InChI=1S/C10H11ClO2/c1-7-3-8(2)5-9(4-7)13-6-10(11)12/h3-5H,6H2,1-2H3. The molecule has 1 aromatic carbocycles. The van der Waals surface area contributed by atoms with Gasteiger partial charge in [0.15, 0.2) is 6.61 Å². The maximum atomic E-state index is 10.4. The van der Waals surface area contributed by atoms with Crippen LogP contribution in [0.1, 0.15) is 11.1 Å². The van der Waals surface area contributed by atoms with Crippen molar-refractivity contribution < 1.29 is 9.53 Å². The smallest absolute Gasteiger partial charge is 0.259 e. The van der Waals surface area contributed by atoms with Crippen LogP contribution in [0.3, 0.4) is 0 Å². The molecule has 0 aliphatic heterocycles. The van der Waals surface area contributed by atoms with Gasteiger partial charge in [-0.05, 0) is 48.7 Å². The normalized spacial score (nSPS) is 9.77. The molecule has 1 rings (SSSR count). The van der Waals surface area contributed by atoms with E-state index in [1.807, 2.05) is 32.0 Å². The van der Waals surface area contributed by atoms with E-state index in [-0.39, 0.29) is 6.61 Å². The molecule has 0 N–H and O–H groups in total. The molecule has 0 aromatic heterocycles. The van der Waals surface area contributed by atoms with E-state index in [1.54, 1.807) is 0 Å². The Morgan fingerprint density at radius 1 is 1.31 bits per heavy atom. The van der Waals surface area contributed by atoms with Crippen LogP contribution < -0.4 is 4.74 Å². The number of rotatable bonds is 3. The molecule has 3 heteroatoms. The number of halogens is 1. The Bertz CT molecular complexity index is 300. The van der Waals surface area contributed by atoms with Crippen LogP contribution in [0.2, 0.25) is 0 Å². The van der Waals surface area contributed by atoms with Gasteiger partial charge < -0.3 is 4.74 Å². The molecule has 0 saturated heterocycles. The van der Waals surface area contributed by atoms with E-state index in [4.69, 9.17) is 16.3 Å². The van der Waals surface area contributed by atoms with Crippen LogP contribution >= 0.6 is 11.6 Å². The van der Waals surface area contributed by atoms with Gasteiger partial charge >= 0.3 is 0 Å². The lowest BCUT2D eigenvalue weighted by molar-refractivity contribution is -0.113. The number of hydrogen-bond acceptors (Lipinski definition) is 2. The number of ether oxygens (including phenoxy) is 1. The lowest BCUT2D eigenvalue weighted by Gasteiger charge is -2.05. The zero-order chi connectivity index (χ0) is 9.84. The van der Waals surface area contributed by atoms with Crippen LogP contribution in [-0.2, 0) is 4.79 Å². The highest BCUT2D eigenvalue weighted by Crippen LogP contribution is 2.16. The maximum Gasteiger partial charge on any atom is 0.259 e. The van der Waals surface area contributed by atoms with E-state index in [0.29, 0.717) is 5.75 Å². The minimum absolute atomic E-state index is 0.0789. The lowest BCUT2D eigenvalue weighted by atomic mass is 10.1. The molecule has 0 bridgehead atoms. The molecular formula is C10H11ClO2. The summed E-state index contributed by atoms with van der Waals surface area (Å²) in [6.45, 7) is 3.87. The molecule has 0 aliphatic rings. The number of benzene rings is 1. The van der Waals surface area contributed by atoms with Crippen molar-refractivity contribution in [3.05, 3.63) is 29.3 Å². The summed E-state index contributed by atoms with van der Waals surface area (Å²) in [5, 5.41) is -0.487. The fourth-order valence-corrected chi connectivity index (χ4v) is 1.21. The van der Waals surface area contributed by atoms with E-state index < -0.39 is 5.24 Å². The van der Waals surface area contributed by atoms with Crippen molar-refractivity contribution in [1.82, 2.24) is 0 Å². The molecule has 0 unspecified atom stereocenters. The predicted molar refractivity (Wildman–Crippen MR) is 52.3 cm³/mol. The summed E-state index contributed by atoms with van der Waals surface area (Å²) in [5.74, 6) is 0.687. The highest BCUT2D eigenvalue weighted by Gasteiger charge is 1.99. The van der Waals surface area contributed by atoms with Gasteiger partial charge in [0, 0.05) is 0 Å². The first-order valence-electron chi connectivity index (χ1n) is 3.97. The first kappa shape index (κ1) is 10.1. The molecule has 2 nitrogen and oxygen atoms in total. The molecular weight excluding hydrogens is 188 g/mol. The lowest BCUT2D eigenvalue weighted by Crippen LogP contribution is -2.04. The first-order chi connectivity index (χ1) is 6.08. The quantitative estimate of drug-likeness (QED) is 0.698. The van der Waals surface area contributed by atoms with Gasteiger partial charge in [-0.15, -0.1) is 0 Å². The third-order valence-electron chi connectivity index (χ3n) is 1.55. The van der Waals surface area contributed by atoms with Gasteiger partial charge in [-0.1, -0.05) is 6.07 Å². The first-order valence-corrected chi connectivity index (χ1v) is 4.35. The SMILES string of the molecule is Cc1cc(C)cc(OCC(=O)Cl)c1. The Morgan fingerprint density at radius 3 is 2.31 bits per heavy atom. The second kappa shape index (κ2) is 4.28. The zero-order valence-electron chi connectivity index (χ0n) is 7.63. The van der Waals surface area contributed by atoms with E-state index in [9.17, 15) is 4.79 Å². The molecule has 0 radical (unpaired) electrons. The summed E-state index contributed by atoms with van der Waals surface area (Å²) in [4.78, 5) is 10.4. The molecule has 0 heterocycles. The van der Waals surface area contributed by atoms with Crippen molar-refractivity contribution in [3.8, 4) is 5.75 Å². The molecule has 0 saturated carbocycles. The van der Waals surface area contributed by atoms with Gasteiger partial charge in [-0.3, -0.25) is 4.79 Å². The fourth-order valence-electron chi connectivity index (χ4n) is 1.16. The van der Waals surface area contributed by atoms with Crippen molar-refractivity contribution >= 4 is 16.8 Å². The monoisotopic (exact) mass is 198 g/mol. The van der Waals surface area contributed by atoms with Gasteiger partial charge in [-0.25, -0.2) is 0 Å². The average Bonchev–Trinajstić information content (AvgIpc) is 1.99. The molecule has 0 spiro atoms. The highest BCUT2D eigenvalue weighted by atomic mass is 35.5. The summed E-state index contributed by atoms with van der Waals surface area (Å²) in [6, 6.07) is 5.77. The third-order valence-corrected chi connectivity index (χ3v) is 1.66. The molecule has 1 aromatic rings. The summed E-state index contributed by atoms with van der Waals surface area (Å²) in [6.07, 6.45) is 0. The maximum absolute atomic E-state index is 10.4. The molecule has 0 amide bonds. The third kappa shape index (κ3) is 3.47. The number of carbonyl (C=O) groups excluding carboxylic acids is 1. The van der Waals surface area contributed by atoms with Crippen molar-refractivity contribution in [2.24, 2.45) is 0 Å². The van der Waals surface area contributed by atoms with Gasteiger partial charge in [0.2, 0.25) is 0 Å². The Labute approximate surface area is 82.5 Å². The Kier molecular flexibility index (Phi) is 3.32. The van der Waals surface area contributed by atoms with Crippen molar-refractivity contribution in [1.29, 1.82) is 0 Å². The Morgan fingerprint density at radius 2 is 1.85 bits per heavy atom. The van der Waals surface area contributed by atoms with Crippen LogP contribution in [0, 0.1) is 13.8 Å². The van der Waals surface area contributed by atoms with E-state index in [1.165, 1.54) is 0 Å². The second-order valence-electron chi connectivity index (χ2n) is 2.97. The summed E-state index contributed by atoms with van der Waals surface area (Å²) in [5.41, 5.74) is 2.22. The zero-order valence-corrected chi connectivity index (χ0v) is 8.39. The van der Waals surface area contributed by atoms with E-state index >= 15 is 0 Å². The van der Waals surface area contributed by atoms with Crippen LogP contribution in [0.15, 0.2) is 18.2 Å². The number of carbonyl (C=O) groups is 1. The number of aryl methyl sites for hydroxylation is 2. The predicted octanol–water partition coefficient (Wildman–Crippen LogP) is 2.45. The topological polar surface area (TPSA) is 26.3 Å². The molecule has 0 fully saturated rings. The van der Waals surface area contributed by atoms with Crippen LogP contribution in [-0.4, -0.2) is 11.8 Å². The van der Waals surface area contributed by atoms with Crippen LogP contribution in [0.4, 0.5) is 0 Å². The Hall–Kier alpha value is -1.02. The van der Waals surface area contributed by atoms with E-state index in [2.05, 4.69) is 0 Å². The highest BCUT2D eigenvalue weighted by molar-refractivity contribution is 6.63. The summed E-state index contributed by atoms with van der Waals surface area (Å²) in [7, 11) is 0. The van der Waals surface area contributed by atoms with Gasteiger partial charge in [0.25, 0.3) is 5.24 Å². The average molecular weight is 199 g/mol. The molecule has 13 heavy (non-hydrogen) atoms. The minimum atomic E-state index is -0.487. The molecule has 0 atom stereocenters. The van der Waals surface area contributed by atoms with Crippen LogP contribution in [0.5, 0.6) is 5.75 Å². The summed E-state index contributed by atoms with van der Waals surface area (Å²) < 4.78 is 5.15. The van der Waals surface area contributed by atoms with Crippen molar-refractivity contribution in [2.75, 3.05) is 6.61 Å². The molecule has 70 valence electrons. The van der Waals surface area contributed by atoms with Crippen molar-refractivity contribution in [2.45, 2.75) is 13.8 Å². The minimum Gasteiger partial charge on any atom is -0.484 e. The summed E-state index contributed by atoms with van der Waals surface area (Å²) >= 11 is 5.14. The number of hydrogen-bond donors (Lipinski definition) is 0. The second-order valence-corrected chi connectivity index (χ2v) is 3.39. The Balaban J connectivity index is 2.71.